The first-order valence-corrected chi connectivity index (χ1v) is 15.2. The Labute approximate surface area is 257 Å². The highest BCUT2D eigenvalue weighted by Crippen LogP contribution is 2.50. The van der Waals surface area contributed by atoms with Crippen molar-refractivity contribution in [1.82, 2.24) is 0 Å². The average Bonchev–Trinajstić information content (AvgIpc) is 3.57. The number of aromatic hydroxyl groups is 1. The lowest BCUT2D eigenvalue weighted by Crippen LogP contribution is -2.36. The molecule has 44 heavy (non-hydrogen) atoms. The van der Waals surface area contributed by atoms with Crippen LogP contribution in [0.25, 0.3) is 6.08 Å². The number of carbonyl (C=O) groups excluding carboxylic acids is 2. The van der Waals surface area contributed by atoms with Crippen molar-refractivity contribution in [3.05, 3.63) is 101 Å². The van der Waals surface area contributed by atoms with E-state index in [1.165, 1.54) is 16.5 Å². The molecule has 2 aliphatic heterocycles. The molecule has 2 heterocycles. The van der Waals surface area contributed by atoms with Gasteiger partial charge >= 0.3 is 7.12 Å². The molecule has 2 amide bonds. The highest BCUT2D eigenvalue weighted by Gasteiger charge is 2.57. The second-order valence-electron chi connectivity index (χ2n) is 11.7. The minimum absolute atomic E-state index is 0.210. The number of phenols is 1. The van der Waals surface area contributed by atoms with E-state index in [1.807, 2.05) is 48.5 Å². The van der Waals surface area contributed by atoms with E-state index in [1.54, 1.807) is 30.3 Å². The highest BCUT2D eigenvalue weighted by molar-refractivity contribution is 6.58. The SMILES string of the molecule is CC/C(=C\c1ccccc1O)CC[C@H]1OC[C@H]2C1=C(COc1ccccc1)C[C@H]1C(=O)N(c3cccc(B(O)O)c3)C(=O)[C@H]12. The van der Waals surface area contributed by atoms with E-state index in [-0.39, 0.29) is 35.0 Å². The number of amides is 2. The van der Waals surface area contributed by atoms with Crippen molar-refractivity contribution in [2.75, 3.05) is 18.1 Å². The molecule has 1 aliphatic carbocycles. The van der Waals surface area contributed by atoms with Crippen LogP contribution in [0.5, 0.6) is 11.5 Å². The van der Waals surface area contributed by atoms with E-state index in [0.717, 1.165) is 35.3 Å². The number of imide groups is 1. The predicted octanol–water partition coefficient (Wildman–Crippen LogP) is 4.25. The Morgan fingerprint density at radius 1 is 1.00 bits per heavy atom. The number of benzene rings is 3. The van der Waals surface area contributed by atoms with Gasteiger partial charge < -0.3 is 24.6 Å². The largest absolute Gasteiger partial charge is 0.507 e. The third-order valence-electron chi connectivity index (χ3n) is 9.07. The Balaban J connectivity index is 1.29. The summed E-state index contributed by atoms with van der Waals surface area (Å²) in [5.74, 6) is -0.978. The molecule has 0 bridgehead atoms. The van der Waals surface area contributed by atoms with Gasteiger partial charge in [-0.2, -0.15) is 0 Å². The monoisotopic (exact) mass is 593 g/mol. The number of carbonyl (C=O) groups is 2. The van der Waals surface area contributed by atoms with Crippen LogP contribution in [-0.2, 0) is 14.3 Å². The van der Waals surface area contributed by atoms with Crippen LogP contribution in [0.3, 0.4) is 0 Å². The number of hydrogen-bond donors (Lipinski definition) is 3. The lowest BCUT2D eigenvalue weighted by molar-refractivity contribution is -0.122. The summed E-state index contributed by atoms with van der Waals surface area (Å²) in [6.07, 6.45) is 4.47. The van der Waals surface area contributed by atoms with E-state index >= 15 is 0 Å². The summed E-state index contributed by atoms with van der Waals surface area (Å²) in [5, 5.41) is 29.6. The van der Waals surface area contributed by atoms with Gasteiger partial charge in [-0.25, -0.2) is 0 Å². The zero-order valence-electron chi connectivity index (χ0n) is 24.6. The van der Waals surface area contributed by atoms with Gasteiger partial charge in [0, 0.05) is 11.5 Å². The third kappa shape index (κ3) is 5.83. The quantitative estimate of drug-likeness (QED) is 0.183. The van der Waals surface area contributed by atoms with Crippen LogP contribution in [0.4, 0.5) is 5.69 Å². The van der Waals surface area contributed by atoms with Crippen LogP contribution in [0.15, 0.2) is 95.6 Å². The molecular weight excluding hydrogens is 557 g/mol. The molecule has 6 rings (SSSR count). The van der Waals surface area contributed by atoms with Crippen molar-refractivity contribution in [3.8, 4) is 11.5 Å². The number of allylic oxidation sites excluding steroid dienone is 1. The Morgan fingerprint density at radius 3 is 2.52 bits per heavy atom. The fraction of sp³-hybridized carbons (Fsp3) is 0.314. The summed E-state index contributed by atoms with van der Waals surface area (Å²) < 4.78 is 12.6. The van der Waals surface area contributed by atoms with Crippen LogP contribution < -0.4 is 15.1 Å². The molecule has 0 unspecified atom stereocenters. The van der Waals surface area contributed by atoms with E-state index in [4.69, 9.17) is 9.47 Å². The summed E-state index contributed by atoms with van der Waals surface area (Å²) in [7, 11) is -1.71. The lowest BCUT2D eigenvalue weighted by atomic mass is 9.69. The maximum absolute atomic E-state index is 14.0. The molecule has 8 nitrogen and oxygen atoms in total. The number of hydrogen-bond acceptors (Lipinski definition) is 7. The van der Waals surface area contributed by atoms with Gasteiger partial charge in [0.15, 0.2) is 0 Å². The molecule has 3 aromatic rings. The zero-order chi connectivity index (χ0) is 30.8. The van der Waals surface area contributed by atoms with E-state index < -0.39 is 19.0 Å². The highest BCUT2D eigenvalue weighted by atomic mass is 16.5. The van der Waals surface area contributed by atoms with Crippen molar-refractivity contribution in [1.29, 1.82) is 0 Å². The summed E-state index contributed by atoms with van der Waals surface area (Å²) >= 11 is 0. The number of anilines is 1. The van der Waals surface area contributed by atoms with Crippen molar-refractivity contribution in [3.63, 3.8) is 0 Å². The first-order valence-electron chi connectivity index (χ1n) is 15.2. The molecule has 3 N–H and O–H groups in total. The molecule has 0 saturated carbocycles. The Kier molecular flexibility index (Phi) is 8.71. The number of ether oxygens (including phenoxy) is 2. The first kappa shape index (κ1) is 29.9. The topological polar surface area (TPSA) is 117 Å². The van der Waals surface area contributed by atoms with Crippen molar-refractivity contribution < 1.29 is 34.2 Å². The first-order chi connectivity index (χ1) is 21.4. The molecule has 3 aromatic carbocycles. The second-order valence-corrected chi connectivity index (χ2v) is 11.7. The van der Waals surface area contributed by atoms with Crippen LogP contribution in [-0.4, -0.2) is 53.4 Å². The van der Waals surface area contributed by atoms with E-state index in [2.05, 4.69) is 6.92 Å². The minimum Gasteiger partial charge on any atom is -0.507 e. The Hall–Kier alpha value is -4.18. The summed E-state index contributed by atoms with van der Waals surface area (Å²) in [6, 6.07) is 23.1. The molecule has 0 aromatic heterocycles. The maximum Gasteiger partial charge on any atom is 0.488 e. The molecule has 2 saturated heterocycles. The fourth-order valence-corrected chi connectivity index (χ4v) is 6.87. The molecule has 0 spiro atoms. The van der Waals surface area contributed by atoms with Gasteiger partial charge in [-0.05, 0) is 72.6 Å². The second kappa shape index (κ2) is 12.8. The molecular formula is C35H36BNO7. The zero-order valence-corrected chi connectivity index (χ0v) is 24.6. The number of nitrogens with zero attached hydrogens (tertiary/aromatic N) is 1. The normalized spacial score (nSPS) is 23.2. The molecule has 226 valence electrons. The molecule has 3 aliphatic rings. The van der Waals surface area contributed by atoms with Gasteiger partial charge in [-0.1, -0.05) is 67.1 Å². The molecule has 4 atom stereocenters. The maximum atomic E-state index is 14.0. The number of fused-ring (bicyclic) bond motifs is 3. The number of phenolic OH excluding ortho intramolecular Hbond substituents is 1. The summed E-state index contributed by atoms with van der Waals surface area (Å²) in [4.78, 5) is 29.0. The van der Waals surface area contributed by atoms with Crippen molar-refractivity contribution in [2.45, 2.75) is 38.7 Å². The average molecular weight is 593 g/mol. The van der Waals surface area contributed by atoms with E-state index in [0.29, 0.717) is 31.7 Å². The summed E-state index contributed by atoms with van der Waals surface area (Å²) in [6.45, 7) is 2.72. The third-order valence-corrected chi connectivity index (χ3v) is 9.07. The lowest BCUT2D eigenvalue weighted by Gasteiger charge is -2.31. The number of rotatable bonds is 10. The Morgan fingerprint density at radius 2 is 1.77 bits per heavy atom. The van der Waals surface area contributed by atoms with Gasteiger partial charge in [0.25, 0.3) is 0 Å². The van der Waals surface area contributed by atoms with Crippen LogP contribution in [0, 0.1) is 17.8 Å². The Bertz CT molecular complexity index is 1600. The van der Waals surface area contributed by atoms with Crippen molar-refractivity contribution >= 4 is 36.2 Å². The van der Waals surface area contributed by atoms with Gasteiger partial charge in [0.2, 0.25) is 11.8 Å². The van der Waals surface area contributed by atoms with Gasteiger partial charge in [0.1, 0.15) is 18.1 Å². The standard InChI is InChI=1S/C35H36BNO7/c1-2-22(17-23-9-6-7-14-30(23)38)15-16-31-32-24(20-43-27-12-4-3-5-13-27)18-28-33(29(32)21-44-31)35(40)37(34(28)39)26-11-8-10-25(19-26)36(41)42/h3-14,17,19,28-29,31,33,38,41-42H,2,15-16,18,20-21H2,1H3/b22-17+/t28-,29+,31-,33-/m1/s1. The van der Waals surface area contributed by atoms with Crippen LogP contribution in [0.1, 0.15) is 38.2 Å². The molecule has 2 fully saturated rings. The van der Waals surface area contributed by atoms with Crippen molar-refractivity contribution in [2.24, 2.45) is 17.8 Å². The van der Waals surface area contributed by atoms with Crippen LogP contribution in [0.2, 0.25) is 0 Å². The van der Waals surface area contributed by atoms with Gasteiger partial charge in [-0.3, -0.25) is 14.5 Å². The smallest absolute Gasteiger partial charge is 0.488 e. The molecule has 9 heteroatoms. The fourth-order valence-electron chi connectivity index (χ4n) is 6.87. The summed E-state index contributed by atoms with van der Waals surface area (Å²) in [5.41, 5.74) is 4.55. The minimum atomic E-state index is -1.71. The number of para-hydroxylation sites is 2. The molecule has 0 radical (unpaired) electrons. The predicted molar refractivity (Wildman–Crippen MR) is 168 cm³/mol. The van der Waals surface area contributed by atoms with Gasteiger partial charge in [0.05, 0.1) is 30.2 Å². The van der Waals surface area contributed by atoms with Gasteiger partial charge in [-0.15, -0.1) is 0 Å². The van der Waals surface area contributed by atoms with Crippen LogP contribution >= 0.6 is 0 Å². The van der Waals surface area contributed by atoms with E-state index in [9.17, 15) is 24.7 Å².